The first kappa shape index (κ1) is 20.4. The molecule has 1 N–H and O–H groups in total. The lowest BCUT2D eigenvalue weighted by Gasteiger charge is -2.19. The smallest absolute Gasteiger partial charge is 0.225 e. The van der Waals surface area contributed by atoms with Gasteiger partial charge in [0.1, 0.15) is 5.82 Å². The fraction of sp³-hybridized carbons (Fsp3) is 0.278. The van der Waals surface area contributed by atoms with Gasteiger partial charge < -0.3 is 5.32 Å². The number of hydrogen-bond acceptors (Lipinski definition) is 3. The molecule has 0 unspecified atom stereocenters. The van der Waals surface area contributed by atoms with Crippen LogP contribution < -0.4 is 5.32 Å². The second-order valence-electron chi connectivity index (χ2n) is 5.82. The number of anilines is 1. The van der Waals surface area contributed by atoms with E-state index < -0.39 is 10.0 Å². The third-order valence-electron chi connectivity index (χ3n) is 3.77. The van der Waals surface area contributed by atoms with Crippen LogP contribution in [0, 0.1) is 5.82 Å². The molecule has 0 atom stereocenters. The summed E-state index contributed by atoms with van der Waals surface area (Å²) in [6.45, 7) is 0.264. The summed E-state index contributed by atoms with van der Waals surface area (Å²) in [7, 11) is -3.47. The van der Waals surface area contributed by atoms with E-state index in [4.69, 9.17) is 11.6 Å². The van der Waals surface area contributed by atoms with Crippen LogP contribution in [-0.2, 0) is 21.2 Å². The van der Waals surface area contributed by atoms with Gasteiger partial charge in [0, 0.05) is 19.5 Å². The maximum atomic E-state index is 12.9. The van der Waals surface area contributed by atoms with Crippen molar-refractivity contribution in [2.45, 2.75) is 12.8 Å². The minimum Gasteiger partial charge on any atom is -0.325 e. The molecule has 0 radical (unpaired) electrons. The number of halogens is 2. The molecule has 0 aliphatic heterocycles. The third kappa shape index (κ3) is 6.40. The van der Waals surface area contributed by atoms with Crippen molar-refractivity contribution in [3.63, 3.8) is 0 Å². The second-order valence-corrected chi connectivity index (χ2v) is 8.21. The molecule has 0 spiro atoms. The van der Waals surface area contributed by atoms with Crippen molar-refractivity contribution in [3.05, 3.63) is 64.9 Å². The highest BCUT2D eigenvalue weighted by atomic mass is 35.5. The Hall–Kier alpha value is -1.96. The van der Waals surface area contributed by atoms with E-state index in [-0.39, 0.29) is 31.2 Å². The van der Waals surface area contributed by atoms with Crippen molar-refractivity contribution in [1.29, 1.82) is 0 Å². The predicted molar refractivity (Wildman–Crippen MR) is 101 cm³/mol. The van der Waals surface area contributed by atoms with Gasteiger partial charge >= 0.3 is 0 Å². The Bertz CT molecular complexity index is 857. The Morgan fingerprint density at radius 3 is 2.38 bits per heavy atom. The first-order valence-corrected chi connectivity index (χ1v) is 10.2. The summed E-state index contributed by atoms with van der Waals surface area (Å²) in [6.07, 6.45) is 1.53. The Labute approximate surface area is 157 Å². The van der Waals surface area contributed by atoms with E-state index in [1.165, 1.54) is 16.4 Å². The highest BCUT2D eigenvalue weighted by Crippen LogP contribution is 2.20. The Morgan fingerprint density at radius 1 is 1.12 bits per heavy atom. The van der Waals surface area contributed by atoms with E-state index in [0.29, 0.717) is 17.1 Å². The highest BCUT2D eigenvalue weighted by Gasteiger charge is 2.18. The molecule has 2 rings (SSSR count). The van der Waals surface area contributed by atoms with E-state index in [0.717, 1.165) is 11.8 Å². The monoisotopic (exact) mass is 398 g/mol. The highest BCUT2D eigenvalue weighted by molar-refractivity contribution is 7.88. The second kappa shape index (κ2) is 9.12. The van der Waals surface area contributed by atoms with Crippen molar-refractivity contribution >= 4 is 33.2 Å². The fourth-order valence-electron chi connectivity index (χ4n) is 2.35. The molecular weight excluding hydrogens is 379 g/mol. The van der Waals surface area contributed by atoms with Gasteiger partial charge in [0.05, 0.1) is 17.0 Å². The normalized spacial score (nSPS) is 11.5. The van der Waals surface area contributed by atoms with Crippen molar-refractivity contribution in [1.82, 2.24) is 4.31 Å². The predicted octanol–water partition coefficient (Wildman–Crippen LogP) is 3.31. The van der Waals surface area contributed by atoms with E-state index >= 15 is 0 Å². The van der Waals surface area contributed by atoms with Crippen LogP contribution in [-0.4, -0.2) is 38.0 Å². The number of para-hydroxylation sites is 1. The standard InChI is InChI=1S/C18H20ClFN2O3S/c1-26(24,25)22(12-10-14-6-8-15(20)9-7-14)13-11-18(23)21-17-5-3-2-4-16(17)19/h2-9H,10-13H2,1H3,(H,21,23). The molecule has 8 heteroatoms. The van der Waals surface area contributed by atoms with E-state index in [2.05, 4.69) is 5.32 Å². The zero-order valence-corrected chi connectivity index (χ0v) is 15.9. The molecular formula is C18H20ClFN2O3S. The number of amides is 1. The van der Waals surface area contributed by atoms with Crippen LogP contribution >= 0.6 is 11.6 Å². The summed E-state index contributed by atoms with van der Waals surface area (Å²) in [5.74, 6) is -0.668. The number of nitrogens with one attached hydrogen (secondary N) is 1. The molecule has 1 amide bonds. The molecule has 140 valence electrons. The lowest BCUT2D eigenvalue weighted by Crippen LogP contribution is -2.34. The molecule has 5 nitrogen and oxygen atoms in total. The van der Waals surface area contributed by atoms with Gasteiger partial charge in [-0.1, -0.05) is 35.9 Å². The average Bonchev–Trinajstić information content (AvgIpc) is 2.57. The van der Waals surface area contributed by atoms with E-state index in [9.17, 15) is 17.6 Å². The van der Waals surface area contributed by atoms with Gasteiger partial charge in [0.15, 0.2) is 0 Å². The van der Waals surface area contributed by atoms with E-state index in [1.807, 2.05) is 0 Å². The van der Waals surface area contributed by atoms with Crippen LogP contribution in [0.5, 0.6) is 0 Å². The Balaban J connectivity index is 1.92. The van der Waals surface area contributed by atoms with Gasteiger partial charge in [-0.2, -0.15) is 0 Å². The SMILES string of the molecule is CS(=O)(=O)N(CCC(=O)Nc1ccccc1Cl)CCc1ccc(F)cc1. The molecule has 0 aromatic heterocycles. The van der Waals surface area contributed by atoms with Crippen LogP contribution in [0.3, 0.4) is 0 Å². The Kier molecular flexibility index (Phi) is 7.14. The number of nitrogens with zero attached hydrogens (tertiary/aromatic N) is 1. The summed E-state index contributed by atoms with van der Waals surface area (Å²) in [5.41, 5.74) is 1.30. The van der Waals surface area contributed by atoms with Gasteiger partial charge in [0.2, 0.25) is 15.9 Å². The lowest BCUT2D eigenvalue weighted by molar-refractivity contribution is -0.116. The molecule has 0 heterocycles. The third-order valence-corrected chi connectivity index (χ3v) is 5.40. The van der Waals surface area contributed by atoms with Crippen LogP contribution in [0.4, 0.5) is 10.1 Å². The van der Waals surface area contributed by atoms with Crippen molar-refractivity contribution < 1.29 is 17.6 Å². The number of benzene rings is 2. The fourth-order valence-corrected chi connectivity index (χ4v) is 3.38. The molecule has 0 aliphatic rings. The van der Waals surface area contributed by atoms with E-state index in [1.54, 1.807) is 36.4 Å². The van der Waals surface area contributed by atoms with Gasteiger partial charge in [-0.25, -0.2) is 17.1 Å². The van der Waals surface area contributed by atoms with Crippen LogP contribution in [0.1, 0.15) is 12.0 Å². The summed E-state index contributed by atoms with van der Waals surface area (Å²) >= 11 is 5.98. The molecule has 0 saturated carbocycles. The molecule has 26 heavy (non-hydrogen) atoms. The van der Waals surface area contributed by atoms with Crippen molar-refractivity contribution in [2.75, 3.05) is 24.7 Å². The minimum absolute atomic E-state index is 0.00170. The zero-order valence-electron chi connectivity index (χ0n) is 14.3. The number of hydrogen-bond donors (Lipinski definition) is 1. The molecule has 0 bridgehead atoms. The Morgan fingerprint density at radius 2 is 1.77 bits per heavy atom. The lowest BCUT2D eigenvalue weighted by atomic mass is 10.1. The van der Waals surface area contributed by atoms with Crippen molar-refractivity contribution in [3.8, 4) is 0 Å². The number of rotatable bonds is 8. The van der Waals surface area contributed by atoms with Crippen LogP contribution in [0.15, 0.2) is 48.5 Å². The van der Waals surface area contributed by atoms with Crippen LogP contribution in [0.25, 0.3) is 0 Å². The summed E-state index contributed by atoms with van der Waals surface area (Å²) < 4.78 is 38.1. The van der Waals surface area contributed by atoms with Gasteiger partial charge in [-0.3, -0.25) is 4.79 Å². The largest absolute Gasteiger partial charge is 0.325 e. The van der Waals surface area contributed by atoms with Gasteiger partial charge in [-0.05, 0) is 36.2 Å². The zero-order chi connectivity index (χ0) is 19.2. The quantitative estimate of drug-likeness (QED) is 0.741. The van der Waals surface area contributed by atoms with Crippen molar-refractivity contribution in [2.24, 2.45) is 0 Å². The number of sulfonamides is 1. The maximum absolute atomic E-state index is 12.9. The summed E-state index contributed by atoms with van der Waals surface area (Å²) in [5, 5.41) is 3.08. The average molecular weight is 399 g/mol. The molecule has 0 saturated heterocycles. The first-order chi connectivity index (χ1) is 12.3. The number of carbonyl (C=O) groups is 1. The first-order valence-electron chi connectivity index (χ1n) is 7.99. The maximum Gasteiger partial charge on any atom is 0.225 e. The van der Waals surface area contributed by atoms with Gasteiger partial charge in [0.25, 0.3) is 0 Å². The topological polar surface area (TPSA) is 66.5 Å². The molecule has 0 fully saturated rings. The summed E-state index contributed by atoms with van der Waals surface area (Å²) in [4.78, 5) is 12.1. The number of carbonyl (C=O) groups excluding carboxylic acids is 1. The molecule has 0 aliphatic carbocycles. The summed E-state index contributed by atoms with van der Waals surface area (Å²) in [6, 6.07) is 12.7. The van der Waals surface area contributed by atoms with Crippen LogP contribution in [0.2, 0.25) is 5.02 Å². The van der Waals surface area contributed by atoms with Gasteiger partial charge in [-0.15, -0.1) is 0 Å². The molecule has 2 aromatic rings. The molecule has 2 aromatic carbocycles. The minimum atomic E-state index is -3.47.